The number of nitrogens with zero attached hydrogens (tertiary/aromatic N) is 1. The number of allylic oxidation sites excluding steroid dienone is 2. The van der Waals surface area contributed by atoms with Crippen LogP contribution in [0.4, 0.5) is 17.1 Å². The molecule has 4 heteroatoms. The van der Waals surface area contributed by atoms with Gasteiger partial charge in [0.25, 0.3) is 0 Å². The number of rotatable bonds is 10. The van der Waals surface area contributed by atoms with E-state index >= 15 is 0 Å². The van der Waals surface area contributed by atoms with Crippen molar-refractivity contribution in [3.8, 4) is 5.75 Å². The van der Waals surface area contributed by atoms with Crippen LogP contribution in [0.2, 0.25) is 0 Å². The Balaban J connectivity index is 1.63. The molecule has 0 radical (unpaired) electrons. The zero-order valence-electron chi connectivity index (χ0n) is 20.9. The fourth-order valence-electron chi connectivity index (χ4n) is 3.81. The third kappa shape index (κ3) is 6.81. The van der Waals surface area contributed by atoms with E-state index in [0.29, 0.717) is 0 Å². The minimum Gasteiger partial charge on any atom is -0.497 e. The number of anilines is 3. The average molecular weight is 510 g/mol. The molecule has 0 aliphatic carbocycles. The molecule has 0 N–H and O–H groups in total. The van der Waals surface area contributed by atoms with Crippen LogP contribution in [0.25, 0.3) is 18.2 Å². The second-order valence-electron chi connectivity index (χ2n) is 8.12. The van der Waals surface area contributed by atoms with Crippen LogP contribution in [-0.4, -0.2) is 13.4 Å². The molecular formula is C32H31NOS2. The molecule has 0 saturated heterocycles. The van der Waals surface area contributed by atoms with Crippen LogP contribution in [0, 0.1) is 0 Å². The summed E-state index contributed by atoms with van der Waals surface area (Å²) in [6.07, 6.45) is 14.1. The van der Waals surface area contributed by atoms with E-state index in [2.05, 4.69) is 127 Å². The lowest BCUT2D eigenvalue weighted by molar-refractivity contribution is 0.415. The van der Waals surface area contributed by atoms with E-state index in [9.17, 15) is 0 Å². The van der Waals surface area contributed by atoms with Crippen molar-refractivity contribution in [2.75, 3.05) is 18.3 Å². The Morgan fingerprint density at radius 3 is 1.89 bits per heavy atom. The Kier molecular flexibility index (Phi) is 9.26. The van der Waals surface area contributed by atoms with Crippen LogP contribution in [-0.2, 0) is 0 Å². The Labute approximate surface area is 223 Å². The van der Waals surface area contributed by atoms with Gasteiger partial charge in [0.15, 0.2) is 0 Å². The fourth-order valence-corrected chi connectivity index (χ4v) is 4.97. The van der Waals surface area contributed by atoms with E-state index in [1.165, 1.54) is 20.9 Å². The predicted molar refractivity (Wildman–Crippen MR) is 162 cm³/mol. The van der Waals surface area contributed by atoms with Crippen LogP contribution in [0.5, 0.6) is 5.75 Å². The van der Waals surface area contributed by atoms with Crippen molar-refractivity contribution in [1.29, 1.82) is 0 Å². The van der Waals surface area contributed by atoms with E-state index < -0.39 is 0 Å². The lowest BCUT2D eigenvalue weighted by atomic mass is 10.1. The Morgan fingerprint density at radius 1 is 0.806 bits per heavy atom. The van der Waals surface area contributed by atoms with Crippen LogP contribution in [0.1, 0.15) is 29.3 Å². The number of hydrogen-bond acceptors (Lipinski definition) is 4. The van der Waals surface area contributed by atoms with Crippen LogP contribution >= 0.6 is 23.1 Å². The van der Waals surface area contributed by atoms with E-state index in [1.54, 1.807) is 30.2 Å². The third-order valence-corrected chi connectivity index (χ3v) is 7.31. The molecule has 0 atom stereocenters. The monoisotopic (exact) mass is 509 g/mol. The average Bonchev–Trinajstić information content (AvgIpc) is 3.46. The summed E-state index contributed by atoms with van der Waals surface area (Å²) >= 11 is 3.52. The Hall–Kier alpha value is -3.47. The quantitative estimate of drug-likeness (QED) is 0.197. The molecule has 0 aliphatic rings. The standard InChI is InChI=1S/C32H31NOS2/c1-4-6-31(35-3)22-12-25-8-14-27(15-9-25)33(29-18-20-30(34-2)21-19-29)28-16-10-26(11-17-28)13-23-32-7-5-24-36-32/h5-24H,4H2,1-3H3/b22-12+,23-13+,31-6-. The first-order chi connectivity index (χ1) is 17.7. The topological polar surface area (TPSA) is 12.5 Å². The number of benzene rings is 3. The van der Waals surface area contributed by atoms with Crippen LogP contribution < -0.4 is 9.64 Å². The summed E-state index contributed by atoms with van der Waals surface area (Å²) in [5.74, 6) is 0.845. The number of hydrogen-bond donors (Lipinski definition) is 0. The van der Waals surface area contributed by atoms with Crippen LogP contribution in [0.15, 0.2) is 107 Å². The number of thiophene rings is 1. The predicted octanol–water partition coefficient (Wildman–Crippen LogP) is 10.1. The number of methoxy groups -OCH3 is 1. The largest absolute Gasteiger partial charge is 0.497 e. The highest BCUT2D eigenvalue weighted by molar-refractivity contribution is 8.02. The molecule has 0 spiro atoms. The molecule has 1 aromatic heterocycles. The summed E-state index contributed by atoms with van der Waals surface area (Å²) in [4.78, 5) is 4.81. The van der Waals surface area contributed by atoms with E-state index in [0.717, 1.165) is 29.2 Å². The molecule has 0 unspecified atom stereocenters. The molecule has 0 saturated carbocycles. The smallest absolute Gasteiger partial charge is 0.119 e. The second kappa shape index (κ2) is 13.0. The summed E-state index contributed by atoms with van der Waals surface area (Å²) < 4.78 is 5.38. The van der Waals surface area contributed by atoms with Crippen molar-refractivity contribution in [3.05, 3.63) is 123 Å². The van der Waals surface area contributed by atoms with E-state index in [4.69, 9.17) is 4.74 Å². The first-order valence-electron chi connectivity index (χ1n) is 12.0. The van der Waals surface area contributed by atoms with Gasteiger partial charge in [-0.15, -0.1) is 23.1 Å². The van der Waals surface area contributed by atoms with Gasteiger partial charge >= 0.3 is 0 Å². The molecule has 0 bridgehead atoms. The fraction of sp³-hybridized carbons (Fsp3) is 0.125. The molecule has 4 rings (SSSR count). The zero-order valence-corrected chi connectivity index (χ0v) is 22.6. The Morgan fingerprint density at radius 2 is 1.39 bits per heavy atom. The number of thioether (sulfide) groups is 1. The third-order valence-electron chi connectivity index (χ3n) is 5.70. The second-order valence-corrected chi connectivity index (χ2v) is 9.98. The maximum Gasteiger partial charge on any atom is 0.119 e. The first kappa shape index (κ1) is 25.6. The zero-order chi connectivity index (χ0) is 25.2. The van der Waals surface area contributed by atoms with E-state index in [-0.39, 0.29) is 0 Å². The summed E-state index contributed by atoms with van der Waals surface area (Å²) in [7, 11) is 1.69. The van der Waals surface area contributed by atoms with E-state index in [1.807, 2.05) is 12.1 Å². The molecular weight excluding hydrogens is 478 g/mol. The lowest BCUT2D eigenvalue weighted by Crippen LogP contribution is -2.09. The van der Waals surface area contributed by atoms with Crippen molar-refractivity contribution in [2.24, 2.45) is 0 Å². The van der Waals surface area contributed by atoms with Gasteiger partial charge in [0.2, 0.25) is 0 Å². The van der Waals surface area contributed by atoms with Gasteiger partial charge in [-0.25, -0.2) is 0 Å². The van der Waals surface area contributed by atoms with Gasteiger partial charge in [-0.1, -0.05) is 55.5 Å². The number of ether oxygens (including phenoxy) is 1. The van der Waals surface area contributed by atoms with Gasteiger partial charge in [-0.3, -0.25) is 0 Å². The van der Waals surface area contributed by atoms with Crippen molar-refractivity contribution in [3.63, 3.8) is 0 Å². The minimum absolute atomic E-state index is 0.845. The lowest BCUT2D eigenvalue weighted by Gasteiger charge is -2.26. The van der Waals surface area contributed by atoms with Gasteiger partial charge in [-0.2, -0.15) is 0 Å². The highest BCUT2D eigenvalue weighted by atomic mass is 32.2. The molecule has 2 nitrogen and oxygen atoms in total. The van der Waals surface area contributed by atoms with Gasteiger partial charge in [0, 0.05) is 26.8 Å². The molecule has 1 heterocycles. The maximum absolute atomic E-state index is 5.38. The first-order valence-corrected chi connectivity index (χ1v) is 14.1. The molecule has 0 amide bonds. The van der Waals surface area contributed by atoms with Gasteiger partial charge in [0.05, 0.1) is 7.11 Å². The Bertz CT molecular complexity index is 1300. The highest BCUT2D eigenvalue weighted by Crippen LogP contribution is 2.36. The minimum atomic E-state index is 0.845. The molecule has 4 aromatic rings. The van der Waals surface area contributed by atoms with Gasteiger partial charge < -0.3 is 9.64 Å². The molecule has 0 fully saturated rings. The summed E-state index contributed by atoms with van der Waals surface area (Å²) in [5, 5.41) is 2.10. The molecule has 182 valence electrons. The summed E-state index contributed by atoms with van der Waals surface area (Å²) in [6.45, 7) is 2.17. The normalized spacial score (nSPS) is 11.9. The van der Waals surface area contributed by atoms with Crippen molar-refractivity contribution in [1.82, 2.24) is 0 Å². The molecule has 3 aromatic carbocycles. The van der Waals surface area contributed by atoms with Crippen molar-refractivity contribution < 1.29 is 4.74 Å². The summed E-state index contributed by atoms with van der Waals surface area (Å²) in [5.41, 5.74) is 5.64. The summed E-state index contributed by atoms with van der Waals surface area (Å²) in [6, 6.07) is 29.8. The molecule has 36 heavy (non-hydrogen) atoms. The van der Waals surface area contributed by atoms with Crippen molar-refractivity contribution in [2.45, 2.75) is 13.3 Å². The SMILES string of the molecule is CC/C=C(/C=C/c1ccc(N(c2ccc(/C=C/c3cccs3)cc2)c2ccc(OC)cc2)cc1)SC. The van der Waals surface area contributed by atoms with Crippen molar-refractivity contribution >= 4 is 58.4 Å². The maximum atomic E-state index is 5.38. The van der Waals surface area contributed by atoms with Gasteiger partial charge in [0.1, 0.15) is 5.75 Å². The molecule has 0 aliphatic heterocycles. The highest BCUT2D eigenvalue weighted by Gasteiger charge is 2.12. The van der Waals surface area contributed by atoms with Crippen LogP contribution in [0.3, 0.4) is 0 Å². The van der Waals surface area contributed by atoms with Gasteiger partial charge in [-0.05, 0) is 95.9 Å².